The number of carbonyl (C=O) groups excluding carboxylic acids is 1. The van der Waals surface area contributed by atoms with Gasteiger partial charge in [-0.2, -0.15) is 0 Å². The maximum absolute atomic E-state index is 11.0. The molecule has 0 spiro atoms. The van der Waals surface area contributed by atoms with Crippen molar-refractivity contribution in [3.8, 4) is 0 Å². The fourth-order valence-electron chi connectivity index (χ4n) is 1.99. The van der Waals surface area contributed by atoms with Crippen LogP contribution >= 0.6 is 0 Å². The molecule has 110 valence electrons. The summed E-state index contributed by atoms with van der Waals surface area (Å²) in [5, 5.41) is 6.06. The van der Waals surface area contributed by atoms with Gasteiger partial charge in [0, 0.05) is 25.4 Å². The van der Waals surface area contributed by atoms with Gasteiger partial charge in [-0.15, -0.1) is 0 Å². The lowest BCUT2D eigenvalue weighted by Gasteiger charge is -2.09. The summed E-state index contributed by atoms with van der Waals surface area (Å²) in [6.45, 7) is 6.16. The Hall–Kier alpha value is -2.43. The SMILES string of the molecule is CC(=O)Nc1ccc(CCNc2nc(C)cnc2C)cc1. The van der Waals surface area contributed by atoms with Crippen molar-refractivity contribution in [1.82, 2.24) is 9.97 Å². The Balaban J connectivity index is 1.88. The molecule has 5 nitrogen and oxygen atoms in total. The molecule has 21 heavy (non-hydrogen) atoms. The van der Waals surface area contributed by atoms with Crippen LogP contribution < -0.4 is 10.6 Å². The van der Waals surface area contributed by atoms with Gasteiger partial charge in [-0.25, -0.2) is 4.98 Å². The van der Waals surface area contributed by atoms with Crippen LogP contribution in [-0.2, 0) is 11.2 Å². The number of aryl methyl sites for hydroxylation is 2. The maximum Gasteiger partial charge on any atom is 0.221 e. The number of aromatic nitrogens is 2. The molecule has 5 heteroatoms. The number of anilines is 2. The standard InChI is InChI=1S/C16H20N4O/c1-11-10-18-12(2)16(19-11)17-9-8-14-4-6-15(7-5-14)20-13(3)21/h4-7,10H,8-9H2,1-3H3,(H,17,19)(H,20,21). The predicted octanol–water partition coefficient (Wildman–Crippen LogP) is 2.71. The zero-order chi connectivity index (χ0) is 15.2. The van der Waals surface area contributed by atoms with Crippen molar-refractivity contribution < 1.29 is 4.79 Å². The van der Waals surface area contributed by atoms with E-state index in [1.54, 1.807) is 6.20 Å². The summed E-state index contributed by atoms with van der Waals surface area (Å²) in [4.78, 5) is 19.7. The lowest BCUT2D eigenvalue weighted by molar-refractivity contribution is -0.114. The van der Waals surface area contributed by atoms with Crippen molar-refractivity contribution in [2.75, 3.05) is 17.2 Å². The summed E-state index contributed by atoms with van der Waals surface area (Å²) in [7, 11) is 0. The first-order valence-electron chi connectivity index (χ1n) is 6.95. The number of nitrogens with one attached hydrogen (secondary N) is 2. The number of hydrogen-bond donors (Lipinski definition) is 2. The van der Waals surface area contributed by atoms with E-state index in [0.29, 0.717) is 0 Å². The van der Waals surface area contributed by atoms with Gasteiger partial charge >= 0.3 is 0 Å². The molecule has 2 N–H and O–H groups in total. The first kappa shape index (κ1) is 15.0. The number of amides is 1. The topological polar surface area (TPSA) is 66.9 Å². The van der Waals surface area contributed by atoms with E-state index in [1.807, 2.05) is 38.1 Å². The zero-order valence-corrected chi connectivity index (χ0v) is 12.6. The highest BCUT2D eigenvalue weighted by atomic mass is 16.1. The molecule has 0 aliphatic carbocycles. The monoisotopic (exact) mass is 284 g/mol. The molecule has 0 radical (unpaired) electrons. The summed E-state index contributed by atoms with van der Waals surface area (Å²) < 4.78 is 0. The molecular weight excluding hydrogens is 264 g/mol. The summed E-state index contributed by atoms with van der Waals surface area (Å²) in [5.74, 6) is 0.780. The highest BCUT2D eigenvalue weighted by Gasteiger charge is 2.01. The molecular formula is C16H20N4O. The molecule has 1 aromatic heterocycles. The number of nitrogens with zero attached hydrogens (tertiary/aromatic N) is 2. The van der Waals surface area contributed by atoms with Gasteiger partial charge in [-0.3, -0.25) is 9.78 Å². The molecule has 0 saturated heterocycles. The Morgan fingerprint density at radius 1 is 1.19 bits per heavy atom. The minimum absolute atomic E-state index is 0.0575. The van der Waals surface area contributed by atoms with Crippen LogP contribution in [0.1, 0.15) is 23.9 Å². The lowest BCUT2D eigenvalue weighted by atomic mass is 10.1. The van der Waals surface area contributed by atoms with Gasteiger partial charge in [0.2, 0.25) is 5.91 Å². The van der Waals surface area contributed by atoms with E-state index < -0.39 is 0 Å². The Kier molecular flexibility index (Phi) is 4.87. The van der Waals surface area contributed by atoms with Crippen molar-refractivity contribution in [1.29, 1.82) is 0 Å². The highest BCUT2D eigenvalue weighted by Crippen LogP contribution is 2.11. The highest BCUT2D eigenvalue weighted by molar-refractivity contribution is 5.88. The third-order valence-corrected chi connectivity index (χ3v) is 3.06. The van der Waals surface area contributed by atoms with Crippen molar-refractivity contribution in [2.45, 2.75) is 27.2 Å². The number of rotatable bonds is 5. The van der Waals surface area contributed by atoms with E-state index >= 15 is 0 Å². The Morgan fingerprint density at radius 2 is 1.90 bits per heavy atom. The van der Waals surface area contributed by atoms with Crippen LogP contribution in [0, 0.1) is 13.8 Å². The summed E-state index contributed by atoms with van der Waals surface area (Å²) in [5.41, 5.74) is 3.83. The molecule has 0 saturated carbocycles. The second-order valence-corrected chi connectivity index (χ2v) is 5.00. The van der Waals surface area contributed by atoms with E-state index in [9.17, 15) is 4.79 Å². The zero-order valence-electron chi connectivity index (χ0n) is 12.6. The molecule has 1 heterocycles. The Morgan fingerprint density at radius 3 is 2.57 bits per heavy atom. The molecule has 2 aromatic rings. The fraction of sp³-hybridized carbons (Fsp3) is 0.312. The van der Waals surface area contributed by atoms with Crippen LogP contribution in [-0.4, -0.2) is 22.4 Å². The molecule has 0 aliphatic rings. The van der Waals surface area contributed by atoms with Crippen LogP contribution in [0.15, 0.2) is 30.5 Å². The minimum Gasteiger partial charge on any atom is -0.368 e. The fourth-order valence-corrected chi connectivity index (χ4v) is 1.99. The molecule has 1 amide bonds. The van der Waals surface area contributed by atoms with Gasteiger partial charge < -0.3 is 10.6 Å². The van der Waals surface area contributed by atoms with Gasteiger partial charge in [0.1, 0.15) is 5.82 Å². The van der Waals surface area contributed by atoms with E-state index in [1.165, 1.54) is 12.5 Å². The van der Waals surface area contributed by atoms with Crippen LogP contribution in [0.2, 0.25) is 0 Å². The van der Waals surface area contributed by atoms with Crippen molar-refractivity contribution in [3.63, 3.8) is 0 Å². The van der Waals surface area contributed by atoms with Crippen LogP contribution in [0.3, 0.4) is 0 Å². The third kappa shape index (κ3) is 4.56. The van der Waals surface area contributed by atoms with Crippen LogP contribution in [0.4, 0.5) is 11.5 Å². The van der Waals surface area contributed by atoms with Gasteiger partial charge in [0.25, 0.3) is 0 Å². The molecule has 0 aliphatic heterocycles. The average Bonchev–Trinajstić information content (AvgIpc) is 2.44. The number of benzene rings is 1. The van der Waals surface area contributed by atoms with Gasteiger partial charge in [-0.1, -0.05) is 12.1 Å². The second-order valence-electron chi connectivity index (χ2n) is 5.00. The van der Waals surface area contributed by atoms with Gasteiger partial charge in [-0.05, 0) is 38.0 Å². The maximum atomic E-state index is 11.0. The molecule has 2 rings (SSSR count). The summed E-state index contributed by atoms with van der Waals surface area (Å²) in [6, 6.07) is 7.85. The van der Waals surface area contributed by atoms with Crippen LogP contribution in [0.5, 0.6) is 0 Å². The smallest absolute Gasteiger partial charge is 0.221 e. The van der Waals surface area contributed by atoms with Crippen molar-refractivity contribution in [2.24, 2.45) is 0 Å². The third-order valence-electron chi connectivity index (χ3n) is 3.06. The van der Waals surface area contributed by atoms with Gasteiger partial charge in [0.05, 0.1) is 11.4 Å². The average molecular weight is 284 g/mol. The molecule has 0 unspecified atom stereocenters. The molecule has 0 fully saturated rings. The van der Waals surface area contributed by atoms with Crippen molar-refractivity contribution >= 4 is 17.4 Å². The lowest BCUT2D eigenvalue weighted by Crippen LogP contribution is -2.09. The first-order valence-corrected chi connectivity index (χ1v) is 6.95. The Labute approximate surface area is 124 Å². The number of hydrogen-bond acceptors (Lipinski definition) is 4. The largest absolute Gasteiger partial charge is 0.368 e. The van der Waals surface area contributed by atoms with E-state index in [4.69, 9.17) is 0 Å². The first-order chi connectivity index (χ1) is 10.0. The quantitative estimate of drug-likeness (QED) is 0.886. The van der Waals surface area contributed by atoms with Crippen molar-refractivity contribution in [3.05, 3.63) is 47.4 Å². The molecule has 0 atom stereocenters. The van der Waals surface area contributed by atoms with Crippen LogP contribution in [0.25, 0.3) is 0 Å². The van der Waals surface area contributed by atoms with E-state index in [-0.39, 0.29) is 5.91 Å². The molecule has 0 bridgehead atoms. The predicted molar refractivity (Wildman–Crippen MR) is 84.4 cm³/mol. The Bertz CT molecular complexity index is 623. The molecule has 1 aromatic carbocycles. The minimum atomic E-state index is -0.0575. The van der Waals surface area contributed by atoms with E-state index in [0.717, 1.165) is 35.9 Å². The number of carbonyl (C=O) groups is 1. The van der Waals surface area contributed by atoms with E-state index in [2.05, 4.69) is 20.6 Å². The summed E-state index contributed by atoms with van der Waals surface area (Å²) >= 11 is 0. The summed E-state index contributed by atoms with van der Waals surface area (Å²) in [6.07, 6.45) is 2.65. The van der Waals surface area contributed by atoms with Gasteiger partial charge in [0.15, 0.2) is 0 Å². The normalized spacial score (nSPS) is 10.2. The second kappa shape index (κ2) is 6.83.